The quantitative estimate of drug-likeness (QED) is 0.227. The van der Waals surface area contributed by atoms with Crippen LogP contribution in [0.3, 0.4) is 0 Å². The number of hydrogen-bond donors (Lipinski definition) is 6. The summed E-state index contributed by atoms with van der Waals surface area (Å²) < 4.78 is 0. The Balaban J connectivity index is 2.08. The molecule has 11 heteroatoms. The Labute approximate surface area is 210 Å². The zero-order valence-corrected chi connectivity index (χ0v) is 21.2. The van der Waals surface area contributed by atoms with Crippen molar-refractivity contribution in [2.45, 2.75) is 63.7 Å². The van der Waals surface area contributed by atoms with E-state index in [-0.39, 0.29) is 30.0 Å². The molecule has 4 unspecified atom stereocenters. The summed E-state index contributed by atoms with van der Waals surface area (Å²) in [7, 11) is 0. The maximum absolute atomic E-state index is 13.1. The first kappa shape index (κ1) is 28.4. The molecule has 1 fully saturated rings. The fourth-order valence-corrected chi connectivity index (χ4v) is 4.27. The second-order valence-corrected chi connectivity index (χ2v) is 9.98. The zero-order chi connectivity index (χ0) is 26.0. The Morgan fingerprint density at radius 1 is 1.06 bits per heavy atom. The maximum Gasteiger partial charge on any atom is 0.326 e. The van der Waals surface area contributed by atoms with Gasteiger partial charge in [-0.15, -0.1) is 0 Å². The molecule has 1 aromatic rings. The number of benzene rings is 1. The molecule has 0 spiro atoms. The highest BCUT2D eigenvalue weighted by atomic mass is 32.2. The first-order chi connectivity index (χ1) is 16.6. The van der Waals surface area contributed by atoms with Crippen molar-refractivity contribution >= 4 is 35.5 Å². The number of carboxylic acids is 1. The van der Waals surface area contributed by atoms with Crippen LogP contribution in [0.2, 0.25) is 0 Å². The number of amides is 3. The van der Waals surface area contributed by atoms with Gasteiger partial charge in [0.25, 0.3) is 0 Å². The highest BCUT2D eigenvalue weighted by Gasteiger charge is 2.32. The van der Waals surface area contributed by atoms with E-state index in [4.69, 9.17) is 0 Å². The molecular formula is C24H36N4O6S. The number of carbonyl (C=O) groups is 4. The monoisotopic (exact) mass is 508 g/mol. The molecule has 1 aromatic carbocycles. The van der Waals surface area contributed by atoms with E-state index in [0.717, 1.165) is 13.0 Å². The Bertz CT molecular complexity index is 873. The van der Waals surface area contributed by atoms with Gasteiger partial charge >= 0.3 is 5.97 Å². The van der Waals surface area contributed by atoms with Crippen molar-refractivity contribution < 1.29 is 29.4 Å². The third kappa shape index (κ3) is 9.06. The number of aliphatic carboxylic acids is 1. The van der Waals surface area contributed by atoms with E-state index in [2.05, 4.69) is 21.3 Å². The van der Waals surface area contributed by atoms with Crippen molar-refractivity contribution in [1.82, 2.24) is 21.3 Å². The molecule has 1 heterocycles. The zero-order valence-electron chi connectivity index (χ0n) is 20.4. The third-order valence-corrected chi connectivity index (χ3v) is 6.50. The second-order valence-electron chi connectivity index (χ2n) is 8.99. The Morgan fingerprint density at radius 2 is 1.71 bits per heavy atom. The van der Waals surface area contributed by atoms with E-state index in [1.165, 1.54) is 23.9 Å². The van der Waals surface area contributed by atoms with E-state index >= 15 is 0 Å². The summed E-state index contributed by atoms with van der Waals surface area (Å²) in [4.78, 5) is 50.5. The molecule has 0 bridgehead atoms. The van der Waals surface area contributed by atoms with Gasteiger partial charge in [0.15, 0.2) is 0 Å². The molecule has 1 aliphatic rings. The second kappa shape index (κ2) is 13.9. The number of nitrogens with one attached hydrogen (secondary N) is 4. The Kier molecular flexibility index (Phi) is 11.3. The average molecular weight is 509 g/mol. The summed E-state index contributed by atoms with van der Waals surface area (Å²) in [6, 6.07) is 2.71. The van der Waals surface area contributed by atoms with Gasteiger partial charge in [-0.05, 0) is 61.4 Å². The number of carboxylic acid groups (broad SMARTS) is 1. The van der Waals surface area contributed by atoms with Crippen molar-refractivity contribution in [3.63, 3.8) is 0 Å². The van der Waals surface area contributed by atoms with Crippen molar-refractivity contribution in [2.75, 3.05) is 18.6 Å². The van der Waals surface area contributed by atoms with Crippen LogP contribution in [0.15, 0.2) is 24.3 Å². The van der Waals surface area contributed by atoms with Gasteiger partial charge in [0.05, 0.1) is 6.04 Å². The van der Waals surface area contributed by atoms with E-state index in [9.17, 15) is 29.4 Å². The molecule has 0 aliphatic carbocycles. The largest absolute Gasteiger partial charge is 0.508 e. The summed E-state index contributed by atoms with van der Waals surface area (Å²) in [6.45, 7) is 4.37. The van der Waals surface area contributed by atoms with Gasteiger partial charge < -0.3 is 31.5 Å². The van der Waals surface area contributed by atoms with Crippen LogP contribution in [0.25, 0.3) is 0 Å². The molecule has 0 saturated carbocycles. The average Bonchev–Trinajstić information content (AvgIpc) is 3.35. The molecule has 0 aromatic heterocycles. The molecule has 10 nitrogen and oxygen atoms in total. The van der Waals surface area contributed by atoms with E-state index in [1.807, 2.05) is 20.1 Å². The number of rotatable bonds is 13. The smallest absolute Gasteiger partial charge is 0.326 e. The van der Waals surface area contributed by atoms with E-state index < -0.39 is 35.9 Å². The Morgan fingerprint density at radius 3 is 2.26 bits per heavy atom. The maximum atomic E-state index is 13.1. The van der Waals surface area contributed by atoms with Gasteiger partial charge in [-0.25, -0.2) is 4.79 Å². The Hall–Kier alpha value is -2.79. The van der Waals surface area contributed by atoms with Crippen LogP contribution >= 0.6 is 11.8 Å². The van der Waals surface area contributed by atoms with Crippen molar-refractivity contribution in [1.29, 1.82) is 0 Å². The number of carbonyl (C=O) groups excluding carboxylic acids is 3. The topological polar surface area (TPSA) is 157 Å². The number of phenolic OH excluding ortho intramolecular Hbond substituents is 1. The van der Waals surface area contributed by atoms with Crippen molar-refractivity contribution in [3.8, 4) is 5.75 Å². The highest BCUT2D eigenvalue weighted by Crippen LogP contribution is 2.13. The van der Waals surface area contributed by atoms with Gasteiger partial charge in [-0.1, -0.05) is 26.0 Å². The minimum atomic E-state index is -1.21. The minimum Gasteiger partial charge on any atom is -0.508 e. The van der Waals surface area contributed by atoms with Gasteiger partial charge in [0.1, 0.15) is 23.9 Å². The molecule has 1 aliphatic heterocycles. The van der Waals surface area contributed by atoms with Crippen LogP contribution in [-0.2, 0) is 25.6 Å². The molecule has 0 radical (unpaired) electrons. The first-order valence-corrected chi connectivity index (χ1v) is 13.2. The molecule has 194 valence electrons. The summed E-state index contributed by atoms with van der Waals surface area (Å²) in [5, 5.41) is 30.2. The number of hydrogen-bond acceptors (Lipinski definition) is 7. The predicted molar refractivity (Wildman–Crippen MR) is 134 cm³/mol. The van der Waals surface area contributed by atoms with Gasteiger partial charge in [0, 0.05) is 6.42 Å². The van der Waals surface area contributed by atoms with Gasteiger partial charge in [-0.2, -0.15) is 11.8 Å². The van der Waals surface area contributed by atoms with Crippen LogP contribution in [0.4, 0.5) is 0 Å². The lowest BCUT2D eigenvalue weighted by atomic mass is 10.0. The van der Waals surface area contributed by atoms with E-state index in [0.29, 0.717) is 24.2 Å². The van der Waals surface area contributed by atoms with Crippen LogP contribution in [0.5, 0.6) is 5.75 Å². The molecule has 35 heavy (non-hydrogen) atoms. The highest BCUT2D eigenvalue weighted by molar-refractivity contribution is 7.98. The predicted octanol–water partition coefficient (Wildman–Crippen LogP) is 0.635. The molecular weight excluding hydrogens is 472 g/mol. The molecule has 2 rings (SSSR count). The number of aromatic hydroxyl groups is 1. The van der Waals surface area contributed by atoms with E-state index in [1.54, 1.807) is 12.1 Å². The fraction of sp³-hybridized carbons (Fsp3) is 0.583. The van der Waals surface area contributed by atoms with Crippen molar-refractivity contribution in [2.24, 2.45) is 5.92 Å². The summed E-state index contributed by atoms with van der Waals surface area (Å²) in [5.74, 6) is -2.15. The van der Waals surface area contributed by atoms with Gasteiger partial charge in [0.2, 0.25) is 17.7 Å². The van der Waals surface area contributed by atoms with Crippen LogP contribution < -0.4 is 21.3 Å². The molecule has 6 N–H and O–H groups in total. The molecule has 4 atom stereocenters. The normalized spacial score (nSPS) is 17.9. The van der Waals surface area contributed by atoms with Crippen LogP contribution in [0.1, 0.15) is 38.7 Å². The summed E-state index contributed by atoms with van der Waals surface area (Å²) >= 11 is 1.50. The van der Waals surface area contributed by atoms with Crippen LogP contribution in [-0.4, -0.2) is 76.6 Å². The number of phenols is 1. The number of thioether (sulfide) groups is 1. The summed E-state index contributed by atoms with van der Waals surface area (Å²) in [5.41, 5.74) is 0.628. The minimum absolute atomic E-state index is 0.0175. The summed E-state index contributed by atoms with van der Waals surface area (Å²) in [6.07, 6.45) is 3.78. The fourth-order valence-electron chi connectivity index (χ4n) is 3.80. The lowest BCUT2D eigenvalue weighted by Crippen LogP contribution is -2.58. The lowest BCUT2D eigenvalue weighted by Gasteiger charge is -2.27. The standard InChI is InChI=1S/C24H36N4O6S/c1-14(2)20(28-21(30)17-5-4-11-25-17)23(32)26-18(10-12-35-3)22(31)27-19(24(33)34)13-15-6-8-16(29)9-7-15/h6-9,14,17-20,25,29H,4-5,10-13H2,1-3H3,(H,26,32)(H,27,31)(H,28,30)(H,33,34). The molecule has 3 amide bonds. The third-order valence-electron chi connectivity index (χ3n) is 5.86. The SMILES string of the molecule is CSCCC(NC(=O)C(NC(=O)C1CCCN1)C(C)C)C(=O)NC(Cc1ccc(O)cc1)C(=O)O. The molecule has 1 saturated heterocycles. The van der Waals surface area contributed by atoms with Crippen LogP contribution in [0, 0.1) is 5.92 Å². The first-order valence-electron chi connectivity index (χ1n) is 11.8. The van der Waals surface area contributed by atoms with Gasteiger partial charge in [-0.3, -0.25) is 14.4 Å². The van der Waals surface area contributed by atoms with Crippen molar-refractivity contribution in [3.05, 3.63) is 29.8 Å². The lowest BCUT2D eigenvalue weighted by molar-refractivity contribution is -0.142.